The summed E-state index contributed by atoms with van der Waals surface area (Å²) in [6.07, 6.45) is 0.661. The van der Waals surface area contributed by atoms with E-state index in [0.717, 1.165) is 16.8 Å². The third kappa shape index (κ3) is 4.04. The SMILES string of the molecule is CC(Nc1ccc(CCO)cc1)c1ccc(Cl)c(Cl)c1Cl. The minimum atomic E-state index is -0.00374. The van der Waals surface area contributed by atoms with Gasteiger partial charge in [0, 0.05) is 12.3 Å². The normalized spacial score (nSPS) is 12.2. The Kier molecular flexibility index (Phi) is 5.77. The third-order valence-corrected chi connectivity index (χ3v) is 4.58. The van der Waals surface area contributed by atoms with E-state index in [-0.39, 0.29) is 12.6 Å². The summed E-state index contributed by atoms with van der Waals surface area (Å²) in [5, 5.41) is 13.6. The molecule has 0 amide bonds. The summed E-state index contributed by atoms with van der Waals surface area (Å²) in [5.74, 6) is 0. The second-order valence-electron chi connectivity index (χ2n) is 4.80. The molecule has 1 unspecified atom stereocenters. The highest BCUT2D eigenvalue weighted by Crippen LogP contribution is 2.36. The molecule has 0 radical (unpaired) electrons. The molecular formula is C16H16Cl3NO. The Morgan fingerprint density at radius 1 is 1.00 bits per heavy atom. The van der Waals surface area contributed by atoms with Gasteiger partial charge in [-0.3, -0.25) is 0 Å². The summed E-state index contributed by atoms with van der Waals surface area (Å²) in [4.78, 5) is 0. The molecule has 0 aliphatic rings. The first-order chi connectivity index (χ1) is 10.0. The van der Waals surface area contributed by atoms with Crippen LogP contribution in [-0.2, 0) is 6.42 Å². The number of aliphatic hydroxyl groups is 1. The van der Waals surface area contributed by atoms with Gasteiger partial charge in [-0.2, -0.15) is 0 Å². The quantitative estimate of drug-likeness (QED) is 0.716. The van der Waals surface area contributed by atoms with Gasteiger partial charge in [0.15, 0.2) is 0 Å². The Bertz CT molecular complexity index is 614. The highest BCUT2D eigenvalue weighted by molar-refractivity contribution is 6.48. The number of halogens is 3. The van der Waals surface area contributed by atoms with Crippen LogP contribution in [0.15, 0.2) is 36.4 Å². The van der Waals surface area contributed by atoms with Gasteiger partial charge in [0.25, 0.3) is 0 Å². The van der Waals surface area contributed by atoms with Gasteiger partial charge >= 0.3 is 0 Å². The van der Waals surface area contributed by atoms with Gasteiger partial charge in [-0.25, -0.2) is 0 Å². The van der Waals surface area contributed by atoms with Crippen LogP contribution in [0.1, 0.15) is 24.1 Å². The van der Waals surface area contributed by atoms with Crippen molar-refractivity contribution in [2.45, 2.75) is 19.4 Å². The van der Waals surface area contributed by atoms with Crippen molar-refractivity contribution in [2.75, 3.05) is 11.9 Å². The average molecular weight is 345 g/mol. The molecule has 0 aliphatic heterocycles. The molecule has 2 nitrogen and oxygen atoms in total. The molecule has 0 saturated carbocycles. The zero-order valence-electron chi connectivity index (χ0n) is 11.5. The molecule has 2 aromatic rings. The average Bonchev–Trinajstić information content (AvgIpc) is 2.47. The van der Waals surface area contributed by atoms with Crippen molar-refractivity contribution in [3.63, 3.8) is 0 Å². The van der Waals surface area contributed by atoms with Gasteiger partial charge in [0.05, 0.1) is 21.1 Å². The van der Waals surface area contributed by atoms with E-state index in [1.807, 2.05) is 37.3 Å². The Hall–Kier alpha value is -0.930. The molecule has 0 heterocycles. The fourth-order valence-corrected chi connectivity index (χ4v) is 2.81. The smallest absolute Gasteiger partial charge is 0.0782 e. The molecule has 1 atom stereocenters. The molecule has 0 spiro atoms. The zero-order valence-corrected chi connectivity index (χ0v) is 13.8. The van der Waals surface area contributed by atoms with E-state index < -0.39 is 0 Å². The fourth-order valence-electron chi connectivity index (χ4n) is 2.10. The number of anilines is 1. The van der Waals surface area contributed by atoms with Crippen LogP contribution in [0.2, 0.25) is 15.1 Å². The summed E-state index contributed by atoms with van der Waals surface area (Å²) in [6, 6.07) is 11.5. The molecule has 21 heavy (non-hydrogen) atoms. The molecule has 112 valence electrons. The maximum absolute atomic E-state index is 8.91. The first-order valence-electron chi connectivity index (χ1n) is 6.62. The molecule has 0 fully saturated rings. The van der Waals surface area contributed by atoms with Crippen LogP contribution in [0.25, 0.3) is 0 Å². The highest BCUT2D eigenvalue weighted by Gasteiger charge is 2.14. The first kappa shape index (κ1) is 16.4. The van der Waals surface area contributed by atoms with Crippen molar-refractivity contribution in [1.29, 1.82) is 0 Å². The van der Waals surface area contributed by atoms with Crippen molar-refractivity contribution >= 4 is 40.5 Å². The molecule has 2 aromatic carbocycles. The number of benzene rings is 2. The minimum Gasteiger partial charge on any atom is -0.396 e. The van der Waals surface area contributed by atoms with Gasteiger partial charge < -0.3 is 10.4 Å². The van der Waals surface area contributed by atoms with Crippen LogP contribution in [0, 0.1) is 0 Å². The summed E-state index contributed by atoms with van der Waals surface area (Å²) in [5.41, 5.74) is 2.97. The summed E-state index contributed by atoms with van der Waals surface area (Å²) in [6.45, 7) is 2.16. The summed E-state index contributed by atoms with van der Waals surface area (Å²) < 4.78 is 0. The standard InChI is InChI=1S/C16H16Cl3NO/c1-10(13-6-7-14(17)16(19)15(13)18)20-12-4-2-11(3-5-12)8-9-21/h2-7,10,20-21H,8-9H2,1H3. The van der Waals surface area contributed by atoms with E-state index in [1.54, 1.807) is 6.07 Å². The van der Waals surface area contributed by atoms with Crippen LogP contribution >= 0.6 is 34.8 Å². The monoisotopic (exact) mass is 343 g/mol. The second-order valence-corrected chi connectivity index (χ2v) is 5.96. The molecule has 0 bridgehead atoms. The van der Waals surface area contributed by atoms with Crippen LogP contribution in [0.3, 0.4) is 0 Å². The maximum atomic E-state index is 8.91. The van der Waals surface area contributed by atoms with Crippen LogP contribution in [0.5, 0.6) is 0 Å². The highest BCUT2D eigenvalue weighted by atomic mass is 35.5. The van der Waals surface area contributed by atoms with E-state index >= 15 is 0 Å². The molecule has 0 aromatic heterocycles. The van der Waals surface area contributed by atoms with E-state index in [9.17, 15) is 0 Å². The van der Waals surface area contributed by atoms with Crippen LogP contribution in [-0.4, -0.2) is 11.7 Å². The van der Waals surface area contributed by atoms with Gasteiger partial charge in [-0.1, -0.05) is 53.0 Å². The van der Waals surface area contributed by atoms with Crippen LogP contribution in [0.4, 0.5) is 5.69 Å². The van der Waals surface area contributed by atoms with Gasteiger partial charge in [-0.05, 0) is 42.7 Å². The predicted octanol–water partition coefficient (Wildman–Crippen LogP) is 5.35. The lowest BCUT2D eigenvalue weighted by molar-refractivity contribution is 0.299. The molecule has 2 rings (SSSR count). The Morgan fingerprint density at radius 2 is 1.67 bits per heavy atom. The predicted molar refractivity (Wildman–Crippen MR) is 90.7 cm³/mol. The number of hydrogen-bond donors (Lipinski definition) is 2. The van der Waals surface area contributed by atoms with Crippen molar-refractivity contribution in [2.24, 2.45) is 0 Å². The molecule has 0 aliphatic carbocycles. The van der Waals surface area contributed by atoms with Crippen molar-refractivity contribution in [3.8, 4) is 0 Å². The molecular weight excluding hydrogens is 329 g/mol. The number of rotatable bonds is 5. The number of nitrogens with one attached hydrogen (secondary N) is 1. The Morgan fingerprint density at radius 3 is 2.29 bits per heavy atom. The van der Waals surface area contributed by atoms with Crippen molar-refractivity contribution < 1.29 is 5.11 Å². The Labute approximate surface area is 139 Å². The number of hydrogen-bond acceptors (Lipinski definition) is 2. The van der Waals surface area contributed by atoms with Crippen molar-refractivity contribution in [1.82, 2.24) is 0 Å². The maximum Gasteiger partial charge on any atom is 0.0782 e. The largest absolute Gasteiger partial charge is 0.396 e. The molecule has 2 N–H and O–H groups in total. The fraction of sp³-hybridized carbons (Fsp3) is 0.250. The molecule has 5 heteroatoms. The van der Waals surface area contributed by atoms with Gasteiger partial charge in [0.1, 0.15) is 0 Å². The van der Waals surface area contributed by atoms with Gasteiger partial charge in [0.2, 0.25) is 0 Å². The zero-order chi connectivity index (χ0) is 15.4. The van der Waals surface area contributed by atoms with E-state index in [4.69, 9.17) is 39.9 Å². The Balaban J connectivity index is 2.14. The summed E-state index contributed by atoms with van der Waals surface area (Å²) >= 11 is 18.3. The third-order valence-electron chi connectivity index (χ3n) is 3.27. The summed E-state index contributed by atoms with van der Waals surface area (Å²) in [7, 11) is 0. The van der Waals surface area contributed by atoms with E-state index in [2.05, 4.69) is 5.32 Å². The van der Waals surface area contributed by atoms with Crippen molar-refractivity contribution in [3.05, 3.63) is 62.6 Å². The lowest BCUT2D eigenvalue weighted by Gasteiger charge is -2.18. The number of aliphatic hydroxyl groups excluding tert-OH is 1. The first-order valence-corrected chi connectivity index (χ1v) is 7.76. The molecule has 0 saturated heterocycles. The lowest BCUT2D eigenvalue weighted by Crippen LogP contribution is -2.07. The second kappa shape index (κ2) is 7.37. The van der Waals surface area contributed by atoms with Crippen LogP contribution < -0.4 is 5.32 Å². The van der Waals surface area contributed by atoms with E-state index in [1.165, 1.54) is 0 Å². The van der Waals surface area contributed by atoms with Gasteiger partial charge in [-0.15, -0.1) is 0 Å². The minimum absolute atomic E-state index is 0.00374. The van der Waals surface area contributed by atoms with E-state index in [0.29, 0.717) is 21.5 Å². The topological polar surface area (TPSA) is 32.3 Å². The lowest BCUT2D eigenvalue weighted by atomic mass is 10.1.